The lowest BCUT2D eigenvalue weighted by Gasteiger charge is -1.97. The molecule has 0 radical (unpaired) electrons. The van der Waals surface area contributed by atoms with Gasteiger partial charge in [-0.1, -0.05) is 25.5 Å². The van der Waals surface area contributed by atoms with Crippen LogP contribution in [0.3, 0.4) is 0 Å². The van der Waals surface area contributed by atoms with Crippen molar-refractivity contribution in [1.82, 2.24) is 4.98 Å². The van der Waals surface area contributed by atoms with Crippen LogP contribution in [0.5, 0.6) is 0 Å². The van der Waals surface area contributed by atoms with Crippen molar-refractivity contribution in [2.24, 2.45) is 0 Å². The summed E-state index contributed by atoms with van der Waals surface area (Å²) in [7, 11) is 0. The average Bonchev–Trinajstić information content (AvgIpc) is 2.77. The summed E-state index contributed by atoms with van der Waals surface area (Å²) in [5, 5.41) is 1.14. The number of thiazole rings is 1. The molecule has 2 aromatic rings. The number of rotatable bonds is 4. The third-order valence-corrected chi connectivity index (χ3v) is 3.39. The second kappa shape index (κ2) is 10.8. The molecule has 1 aromatic heterocycles. The second-order valence-electron chi connectivity index (χ2n) is 4.11. The van der Waals surface area contributed by atoms with Crippen molar-refractivity contribution in [3.63, 3.8) is 0 Å². The van der Waals surface area contributed by atoms with Gasteiger partial charge in [-0.3, -0.25) is 4.79 Å². The van der Waals surface area contributed by atoms with E-state index in [9.17, 15) is 4.79 Å². The van der Waals surface area contributed by atoms with E-state index in [2.05, 4.69) is 18.0 Å². The maximum Gasteiger partial charge on any atom is 0.305 e. The molecular formula is C15H22BrNO2S. The monoisotopic (exact) mass is 359 g/mol. The van der Waals surface area contributed by atoms with Crippen LogP contribution in [0.4, 0.5) is 0 Å². The lowest BCUT2D eigenvalue weighted by atomic mass is 10.3. The van der Waals surface area contributed by atoms with Crippen LogP contribution in [-0.4, -0.2) is 17.6 Å². The van der Waals surface area contributed by atoms with Gasteiger partial charge in [-0.2, -0.15) is 0 Å². The van der Waals surface area contributed by atoms with Crippen LogP contribution in [0.2, 0.25) is 0 Å². The Morgan fingerprint density at radius 1 is 1.30 bits per heavy atom. The number of benzene rings is 1. The molecule has 0 N–H and O–H groups in total. The molecule has 0 unspecified atom stereocenters. The Bertz CT molecular complexity index is 480. The van der Waals surface area contributed by atoms with Gasteiger partial charge < -0.3 is 4.74 Å². The summed E-state index contributed by atoms with van der Waals surface area (Å²) >= 11 is 1.74. The Morgan fingerprint density at radius 3 is 2.60 bits per heavy atom. The quantitative estimate of drug-likeness (QED) is 0.727. The molecule has 0 bridgehead atoms. The van der Waals surface area contributed by atoms with Crippen LogP contribution >= 0.6 is 28.3 Å². The number of carbonyl (C=O) groups excluding carboxylic acids is 1. The number of hydrogen-bond acceptors (Lipinski definition) is 4. The zero-order valence-corrected chi connectivity index (χ0v) is 14.7. The Morgan fingerprint density at radius 2 is 2.00 bits per heavy atom. The van der Waals surface area contributed by atoms with E-state index in [0.29, 0.717) is 13.0 Å². The number of carbonyl (C=O) groups is 1. The predicted octanol–water partition coefficient (Wildman–Crippen LogP) is 4.92. The molecule has 0 saturated carbocycles. The third-order valence-electron chi connectivity index (χ3n) is 2.44. The minimum absolute atomic E-state index is 0. The highest BCUT2D eigenvalue weighted by Crippen LogP contribution is 2.19. The van der Waals surface area contributed by atoms with Gasteiger partial charge in [0, 0.05) is 6.42 Å². The highest BCUT2D eigenvalue weighted by molar-refractivity contribution is 8.93. The van der Waals surface area contributed by atoms with Gasteiger partial charge in [0.05, 0.1) is 21.8 Å². The maximum absolute atomic E-state index is 10.6. The van der Waals surface area contributed by atoms with Crippen molar-refractivity contribution < 1.29 is 9.53 Å². The molecule has 2 rings (SSSR count). The Balaban J connectivity index is 0.000000347. The lowest BCUT2D eigenvalue weighted by Crippen LogP contribution is -2.02. The van der Waals surface area contributed by atoms with Crippen LogP contribution < -0.4 is 0 Å². The van der Waals surface area contributed by atoms with Crippen LogP contribution in [0.25, 0.3) is 10.2 Å². The molecule has 0 fully saturated rings. The van der Waals surface area contributed by atoms with E-state index in [-0.39, 0.29) is 23.0 Å². The van der Waals surface area contributed by atoms with Crippen LogP contribution in [-0.2, 0) is 9.53 Å². The van der Waals surface area contributed by atoms with Crippen molar-refractivity contribution in [3.05, 3.63) is 29.3 Å². The molecule has 0 atom stereocenters. The number of aryl methyl sites for hydroxylation is 1. The first-order chi connectivity index (χ1) is 9.17. The first-order valence-corrected chi connectivity index (χ1v) is 7.46. The summed E-state index contributed by atoms with van der Waals surface area (Å²) in [5.41, 5.74) is 1.12. The van der Waals surface area contributed by atoms with Crippen molar-refractivity contribution in [2.75, 3.05) is 6.61 Å². The van der Waals surface area contributed by atoms with E-state index in [1.807, 2.05) is 32.0 Å². The normalized spacial score (nSPS) is 9.35. The number of aromatic nitrogens is 1. The van der Waals surface area contributed by atoms with E-state index in [0.717, 1.165) is 23.4 Å². The van der Waals surface area contributed by atoms with Crippen LogP contribution in [0.1, 0.15) is 38.1 Å². The van der Waals surface area contributed by atoms with Gasteiger partial charge in [0.2, 0.25) is 0 Å². The number of nitrogens with zero attached hydrogens (tertiary/aromatic N) is 1. The molecule has 20 heavy (non-hydrogen) atoms. The smallest absolute Gasteiger partial charge is 0.305 e. The van der Waals surface area contributed by atoms with Crippen LogP contribution in [0, 0.1) is 6.92 Å². The Kier molecular flexibility index (Phi) is 10.3. The van der Waals surface area contributed by atoms with Gasteiger partial charge in [0.15, 0.2) is 0 Å². The molecule has 0 aliphatic heterocycles. The average molecular weight is 360 g/mol. The number of unbranched alkanes of at least 4 members (excludes halogenated alkanes) is 1. The topological polar surface area (TPSA) is 39.2 Å². The maximum atomic E-state index is 10.6. The van der Waals surface area contributed by atoms with E-state index < -0.39 is 0 Å². The van der Waals surface area contributed by atoms with Crippen molar-refractivity contribution in [1.29, 1.82) is 0 Å². The molecule has 0 saturated heterocycles. The summed E-state index contributed by atoms with van der Waals surface area (Å²) in [6.07, 6.45) is 2.57. The molecule has 1 heterocycles. The Labute approximate surface area is 135 Å². The second-order valence-corrected chi connectivity index (χ2v) is 5.34. The number of esters is 1. The minimum Gasteiger partial charge on any atom is -0.466 e. The highest BCUT2D eigenvalue weighted by atomic mass is 79.9. The zero-order valence-electron chi connectivity index (χ0n) is 12.2. The number of para-hydroxylation sites is 1. The number of hydrogen-bond donors (Lipinski definition) is 0. The Hall–Kier alpha value is -0.940. The molecule has 0 amide bonds. The molecule has 5 heteroatoms. The first kappa shape index (κ1) is 19.1. The predicted molar refractivity (Wildman–Crippen MR) is 90.8 cm³/mol. The van der Waals surface area contributed by atoms with Crippen molar-refractivity contribution in [3.8, 4) is 0 Å². The summed E-state index contributed by atoms with van der Waals surface area (Å²) in [6.45, 7) is 6.41. The fourth-order valence-corrected chi connectivity index (χ4v) is 2.37. The zero-order chi connectivity index (χ0) is 14.1. The van der Waals surface area contributed by atoms with Crippen molar-refractivity contribution in [2.45, 2.75) is 40.0 Å². The van der Waals surface area contributed by atoms with Gasteiger partial charge in [-0.05, 0) is 32.4 Å². The van der Waals surface area contributed by atoms with E-state index >= 15 is 0 Å². The summed E-state index contributed by atoms with van der Waals surface area (Å²) in [4.78, 5) is 14.9. The molecule has 3 nitrogen and oxygen atoms in total. The molecule has 112 valence electrons. The summed E-state index contributed by atoms with van der Waals surface area (Å²) in [5.74, 6) is -0.0700. The lowest BCUT2D eigenvalue weighted by molar-refractivity contribution is -0.143. The largest absolute Gasteiger partial charge is 0.466 e. The number of halogens is 1. The molecule has 0 spiro atoms. The van der Waals surface area contributed by atoms with Crippen molar-refractivity contribution >= 4 is 44.5 Å². The number of fused-ring (bicyclic) bond motifs is 1. The van der Waals surface area contributed by atoms with Gasteiger partial charge >= 0.3 is 5.97 Å². The first-order valence-electron chi connectivity index (χ1n) is 6.65. The highest BCUT2D eigenvalue weighted by Gasteiger charge is 1.97. The number of ether oxygens (including phenoxy) is 1. The third kappa shape index (κ3) is 7.01. The van der Waals surface area contributed by atoms with Gasteiger partial charge in [0.25, 0.3) is 0 Å². The SMILES string of the molecule is Br.CCCCC(=O)OCC.Cc1nc2ccccc2s1. The standard InChI is InChI=1S/C8H7NS.C7H14O2.BrH/c1-6-9-7-4-2-3-5-8(7)10-6;1-3-5-6-7(8)9-4-2;/h2-5H,1H3;3-6H2,1-2H3;1H. The molecule has 1 aromatic carbocycles. The van der Waals surface area contributed by atoms with Crippen LogP contribution in [0.15, 0.2) is 24.3 Å². The fourth-order valence-electron chi connectivity index (χ4n) is 1.54. The van der Waals surface area contributed by atoms with E-state index in [1.54, 1.807) is 11.3 Å². The van der Waals surface area contributed by atoms with Gasteiger partial charge in [-0.15, -0.1) is 28.3 Å². The molecule has 0 aliphatic rings. The van der Waals surface area contributed by atoms with E-state index in [1.165, 1.54) is 4.70 Å². The molecular weight excluding hydrogens is 338 g/mol. The van der Waals surface area contributed by atoms with Gasteiger partial charge in [0.1, 0.15) is 0 Å². The van der Waals surface area contributed by atoms with Gasteiger partial charge in [-0.25, -0.2) is 4.98 Å². The fraction of sp³-hybridized carbons (Fsp3) is 0.467. The minimum atomic E-state index is -0.0700. The molecule has 0 aliphatic carbocycles. The van der Waals surface area contributed by atoms with E-state index in [4.69, 9.17) is 4.74 Å². The summed E-state index contributed by atoms with van der Waals surface area (Å²) in [6, 6.07) is 8.19. The summed E-state index contributed by atoms with van der Waals surface area (Å²) < 4.78 is 5.98.